The van der Waals surface area contributed by atoms with Crippen LogP contribution in [0.25, 0.3) is 0 Å². The molecule has 0 aliphatic carbocycles. The number of amides is 1. The molecular weight excluding hydrogens is 292 g/mol. The highest BCUT2D eigenvalue weighted by Gasteiger charge is 2.13. The summed E-state index contributed by atoms with van der Waals surface area (Å²) in [6.07, 6.45) is 0.554. The van der Waals surface area contributed by atoms with E-state index in [1.807, 2.05) is 14.0 Å². The minimum atomic E-state index is 0. The lowest BCUT2D eigenvalue weighted by molar-refractivity contribution is -0.131. The molecule has 0 aliphatic rings. The maximum Gasteiger partial charge on any atom is 0.223 e. The van der Waals surface area contributed by atoms with Crippen LogP contribution < -0.4 is 5.73 Å². The first-order valence-corrected chi connectivity index (χ1v) is 7.60. The van der Waals surface area contributed by atoms with E-state index in [1.165, 1.54) is 16.0 Å². The summed E-state index contributed by atoms with van der Waals surface area (Å²) < 4.78 is 0. The molecule has 0 aromatic heterocycles. The van der Waals surface area contributed by atoms with Gasteiger partial charge in [-0.15, -0.1) is 24.2 Å². The van der Waals surface area contributed by atoms with Gasteiger partial charge in [0, 0.05) is 36.7 Å². The Morgan fingerprint density at radius 3 is 2.55 bits per heavy atom. The minimum absolute atomic E-state index is 0. The van der Waals surface area contributed by atoms with Gasteiger partial charge in [-0.25, -0.2) is 0 Å². The summed E-state index contributed by atoms with van der Waals surface area (Å²) in [6, 6.07) is 6.53. The van der Waals surface area contributed by atoms with E-state index in [2.05, 4.69) is 32.0 Å². The van der Waals surface area contributed by atoms with Crippen molar-refractivity contribution >= 4 is 30.1 Å². The fourth-order valence-electron chi connectivity index (χ4n) is 1.64. The van der Waals surface area contributed by atoms with Crippen LogP contribution in [0.15, 0.2) is 23.1 Å². The minimum Gasteiger partial charge on any atom is -0.342 e. The maximum atomic E-state index is 11.9. The Hall–Kier alpha value is -0.710. The molecule has 114 valence electrons. The summed E-state index contributed by atoms with van der Waals surface area (Å²) in [5.41, 5.74) is 8.16. The molecule has 0 heterocycles. The Kier molecular flexibility index (Phi) is 8.94. The SMILES string of the molecule is Cc1ccc(SCCC(=O)N(C)C(C)CN)cc1C.Cl. The summed E-state index contributed by atoms with van der Waals surface area (Å²) in [4.78, 5) is 14.9. The van der Waals surface area contributed by atoms with Crippen LogP contribution in [0.2, 0.25) is 0 Å². The molecular formula is C15H25ClN2OS. The van der Waals surface area contributed by atoms with Crippen molar-refractivity contribution in [1.82, 2.24) is 4.90 Å². The fraction of sp³-hybridized carbons (Fsp3) is 0.533. The van der Waals surface area contributed by atoms with E-state index in [0.29, 0.717) is 13.0 Å². The molecule has 0 radical (unpaired) electrons. The van der Waals surface area contributed by atoms with Gasteiger partial charge in [0.2, 0.25) is 5.91 Å². The van der Waals surface area contributed by atoms with Crippen LogP contribution in [0.5, 0.6) is 0 Å². The lowest BCUT2D eigenvalue weighted by atomic mass is 10.1. The maximum absolute atomic E-state index is 11.9. The van der Waals surface area contributed by atoms with Gasteiger partial charge in [-0.3, -0.25) is 4.79 Å². The van der Waals surface area contributed by atoms with Crippen molar-refractivity contribution in [3.8, 4) is 0 Å². The number of likely N-dealkylation sites (N-methyl/N-ethyl adjacent to an activating group) is 1. The number of aryl methyl sites for hydroxylation is 2. The molecule has 0 aliphatic heterocycles. The number of nitrogens with zero attached hydrogens (tertiary/aromatic N) is 1. The first-order chi connectivity index (χ1) is 8.95. The van der Waals surface area contributed by atoms with Gasteiger partial charge in [0.25, 0.3) is 0 Å². The van der Waals surface area contributed by atoms with Gasteiger partial charge in [0.05, 0.1) is 0 Å². The summed E-state index contributed by atoms with van der Waals surface area (Å²) in [6.45, 7) is 6.69. The number of hydrogen-bond acceptors (Lipinski definition) is 3. The molecule has 0 saturated carbocycles. The summed E-state index contributed by atoms with van der Waals surface area (Å²) in [5, 5.41) is 0. The van der Waals surface area contributed by atoms with Crippen molar-refractivity contribution in [2.24, 2.45) is 5.73 Å². The zero-order chi connectivity index (χ0) is 14.4. The van der Waals surface area contributed by atoms with E-state index < -0.39 is 0 Å². The van der Waals surface area contributed by atoms with Crippen molar-refractivity contribution in [3.05, 3.63) is 29.3 Å². The van der Waals surface area contributed by atoms with Gasteiger partial charge >= 0.3 is 0 Å². The molecule has 1 atom stereocenters. The Morgan fingerprint density at radius 2 is 2.00 bits per heavy atom. The summed E-state index contributed by atoms with van der Waals surface area (Å²) in [7, 11) is 1.82. The molecule has 3 nitrogen and oxygen atoms in total. The number of hydrogen-bond donors (Lipinski definition) is 1. The standard InChI is InChI=1S/C15H24N2OS.ClH/c1-11-5-6-14(9-12(11)2)19-8-7-15(18)17(4)13(3)10-16;/h5-6,9,13H,7-8,10,16H2,1-4H3;1H. The molecule has 1 aromatic rings. The second-order valence-electron chi connectivity index (χ2n) is 4.93. The first kappa shape index (κ1) is 19.3. The van der Waals surface area contributed by atoms with Crippen LogP contribution in [0, 0.1) is 13.8 Å². The second-order valence-corrected chi connectivity index (χ2v) is 6.10. The quantitative estimate of drug-likeness (QED) is 0.821. The monoisotopic (exact) mass is 316 g/mol. The van der Waals surface area contributed by atoms with Crippen molar-refractivity contribution in [1.29, 1.82) is 0 Å². The second kappa shape index (κ2) is 9.27. The molecule has 0 bridgehead atoms. The van der Waals surface area contributed by atoms with E-state index >= 15 is 0 Å². The third-order valence-electron chi connectivity index (χ3n) is 3.46. The molecule has 1 unspecified atom stereocenters. The number of nitrogens with two attached hydrogens (primary N) is 1. The first-order valence-electron chi connectivity index (χ1n) is 6.61. The van der Waals surface area contributed by atoms with E-state index in [4.69, 9.17) is 5.73 Å². The molecule has 0 spiro atoms. The van der Waals surface area contributed by atoms with Crippen molar-refractivity contribution < 1.29 is 4.79 Å². The molecule has 2 N–H and O–H groups in total. The lowest BCUT2D eigenvalue weighted by Crippen LogP contribution is -2.39. The molecule has 1 amide bonds. The highest BCUT2D eigenvalue weighted by molar-refractivity contribution is 7.99. The molecule has 0 saturated heterocycles. The number of rotatable bonds is 6. The van der Waals surface area contributed by atoms with E-state index in [1.54, 1.807) is 16.7 Å². The zero-order valence-corrected chi connectivity index (χ0v) is 14.3. The van der Waals surface area contributed by atoms with Crippen LogP contribution in [-0.4, -0.2) is 36.2 Å². The van der Waals surface area contributed by atoms with Crippen LogP contribution >= 0.6 is 24.2 Å². The van der Waals surface area contributed by atoms with Crippen LogP contribution in [-0.2, 0) is 4.79 Å². The fourth-order valence-corrected chi connectivity index (χ4v) is 2.58. The predicted octanol–water partition coefficient (Wildman–Crippen LogP) is 3.01. The van der Waals surface area contributed by atoms with Gasteiger partial charge in [-0.1, -0.05) is 6.07 Å². The molecule has 0 fully saturated rings. The highest BCUT2D eigenvalue weighted by Crippen LogP contribution is 2.21. The van der Waals surface area contributed by atoms with Crippen LogP contribution in [0.4, 0.5) is 0 Å². The van der Waals surface area contributed by atoms with Gasteiger partial charge in [0.1, 0.15) is 0 Å². The van der Waals surface area contributed by atoms with E-state index in [-0.39, 0.29) is 24.4 Å². The van der Waals surface area contributed by atoms with Gasteiger partial charge < -0.3 is 10.6 Å². The summed E-state index contributed by atoms with van der Waals surface area (Å²) in [5.74, 6) is 0.970. The lowest BCUT2D eigenvalue weighted by Gasteiger charge is -2.23. The van der Waals surface area contributed by atoms with Crippen LogP contribution in [0.3, 0.4) is 0 Å². The molecule has 5 heteroatoms. The van der Waals surface area contributed by atoms with Crippen molar-refractivity contribution in [3.63, 3.8) is 0 Å². The van der Waals surface area contributed by atoms with Crippen LogP contribution in [0.1, 0.15) is 24.5 Å². The van der Waals surface area contributed by atoms with Gasteiger partial charge in [0.15, 0.2) is 0 Å². The Bertz CT molecular complexity index is 440. The number of carbonyl (C=O) groups is 1. The van der Waals surface area contributed by atoms with E-state index in [9.17, 15) is 4.79 Å². The summed E-state index contributed by atoms with van der Waals surface area (Å²) >= 11 is 1.73. The largest absolute Gasteiger partial charge is 0.342 e. The molecule has 1 rings (SSSR count). The molecule has 1 aromatic carbocycles. The normalized spacial score (nSPS) is 11.7. The number of halogens is 1. The topological polar surface area (TPSA) is 46.3 Å². The Balaban J connectivity index is 0.00000361. The number of carbonyl (C=O) groups excluding carboxylic acids is 1. The third kappa shape index (κ3) is 5.73. The van der Waals surface area contributed by atoms with Crippen molar-refractivity contribution in [2.75, 3.05) is 19.3 Å². The average molecular weight is 317 g/mol. The smallest absolute Gasteiger partial charge is 0.223 e. The Labute approximate surface area is 132 Å². The number of benzene rings is 1. The van der Waals surface area contributed by atoms with E-state index in [0.717, 1.165) is 5.75 Å². The highest BCUT2D eigenvalue weighted by atomic mass is 35.5. The van der Waals surface area contributed by atoms with Gasteiger partial charge in [-0.2, -0.15) is 0 Å². The Morgan fingerprint density at radius 1 is 1.35 bits per heavy atom. The predicted molar refractivity (Wildman–Crippen MR) is 89.8 cm³/mol. The third-order valence-corrected chi connectivity index (χ3v) is 4.45. The van der Waals surface area contributed by atoms with Crippen molar-refractivity contribution in [2.45, 2.75) is 38.1 Å². The molecule has 20 heavy (non-hydrogen) atoms. The van der Waals surface area contributed by atoms with Gasteiger partial charge in [-0.05, 0) is 44.0 Å². The zero-order valence-electron chi connectivity index (χ0n) is 12.7. The average Bonchev–Trinajstić information content (AvgIpc) is 2.40. The number of thioether (sulfide) groups is 1.